The lowest BCUT2D eigenvalue weighted by molar-refractivity contribution is -0.113. The van der Waals surface area contributed by atoms with Gasteiger partial charge in [0, 0.05) is 11.4 Å². The van der Waals surface area contributed by atoms with Crippen molar-refractivity contribution >= 4 is 17.6 Å². The largest absolute Gasteiger partial charge is 0.493 e. The van der Waals surface area contributed by atoms with E-state index in [-0.39, 0.29) is 11.9 Å². The Labute approximate surface area is 176 Å². The van der Waals surface area contributed by atoms with Crippen molar-refractivity contribution in [2.24, 2.45) is 0 Å². The molecule has 0 aromatic heterocycles. The molecule has 2 aromatic rings. The van der Waals surface area contributed by atoms with Crippen LogP contribution in [-0.2, 0) is 4.79 Å². The molecule has 3 N–H and O–H groups in total. The maximum atomic E-state index is 13.2. The molecule has 0 saturated carbocycles. The van der Waals surface area contributed by atoms with Crippen molar-refractivity contribution in [3.05, 3.63) is 64.4 Å². The number of benzene rings is 2. The topological polar surface area (TPSA) is 88.7 Å². The molecule has 0 unspecified atom stereocenters. The minimum absolute atomic E-state index is 0.286. The van der Waals surface area contributed by atoms with Crippen LogP contribution in [-0.4, -0.2) is 25.7 Å². The molecule has 0 spiro atoms. The number of hydrogen-bond donors (Lipinski definition) is 3. The van der Waals surface area contributed by atoms with Gasteiger partial charge in [-0.25, -0.2) is 4.79 Å². The van der Waals surface area contributed by atoms with Crippen LogP contribution in [0.1, 0.15) is 36.6 Å². The summed E-state index contributed by atoms with van der Waals surface area (Å²) in [6.07, 6.45) is 0. The van der Waals surface area contributed by atoms with E-state index in [1.165, 1.54) is 0 Å². The molecule has 30 heavy (non-hydrogen) atoms. The summed E-state index contributed by atoms with van der Waals surface area (Å²) in [5.74, 6) is 0.853. The Hall–Kier alpha value is -3.48. The molecule has 1 aliphatic rings. The predicted molar refractivity (Wildman–Crippen MR) is 116 cm³/mol. The third-order valence-electron chi connectivity index (χ3n) is 5.19. The van der Waals surface area contributed by atoms with Crippen LogP contribution in [0.25, 0.3) is 0 Å². The zero-order chi connectivity index (χ0) is 21.8. The molecule has 158 valence electrons. The van der Waals surface area contributed by atoms with Crippen LogP contribution in [0.2, 0.25) is 0 Å². The monoisotopic (exact) mass is 409 g/mol. The molecular weight excluding hydrogens is 382 g/mol. The molecule has 1 atom stereocenters. The van der Waals surface area contributed by atoms with E-state index in [0.717, 1.165) is 22.4 Å². The van der Waals surface area contributed by atoms with Crippen molar-refractivity contribution in [2.75, 3.05) is 19.0 Å². The number of amides is 3. The summed E-state index contributed by atoms with van der Waals surface area (Å²) < 4.78 is 11.0. The van der Waals surface area contributed by atoms with Crippen molar-refractivity contribution in [3.8, 4) is 11.5 Å². The standard InChI is InChI=1S/C23H27N3O4/c1-6-30-18-11-10-16(12-19(18)29-5)21-20(15(4)24-23(28)26-21)22(27)25-17-9-7-8-13(2)14(17)3/h7-12,21H,6H2,1-5H3,(H,25,27)(H2,24,26,28)/t21-/m0/s1. The lowest BCUT2D eigenvalue weighted by Gasteiger charge is -2.29. The molecule has 1 aliphatic heterocycles. The Morgan fingerprint density at radius 1 is 1.13 bits per heavy atom. The van der Waals surface area contributed by atoms with Gasteiger partial charge in [-0.3, -0.25) is 4.79 Å². The van der Waals surface area contributed by atoms with Crippen molar-refractivity contribution in [1.29, 1.82) is 0 Å². The first-order valence-corrected chi connectivity index (χ1v) is 9.82. The number of urea groups is 1. The second-order valence-corrected chi connectivity index (χ2v) is 7.12. The summed E-state index contributed by atoms with van der Waals surface area (Å²) in [7, 11) is 1.55. The van der Waals surface area contributed by atoms with Gasteiger partial charge in [0.1, 0.15) is 0 Å². The fourth-order valence-electron chi connectivity index (χ4n) is 3.46. The van der Waals surface area contributed by atoms with Crippen LogP contribution >= 0.6 is 0 Å². The number of carbonyl (C=O) groups is 2. The molecule has 0 radical (unpaired) electrons. The summed E-state index contributed by atoms with van der Waals surface area (Å²) in [6, 6.07) is 10.1. The SMILES string of the molecule is CCOc1ccc([C@@H]2NC(=O)NC(C)=C2C(=O)Nc2cccc(C)c2C)cc1OC. The number of hydrogen-bond acceptors (Lipinski definition) is 4. The molecule has 2 aromatic carbocycles. The second-order valence-electron chi connectivity index (χ2n) is 7.12. The maximum absolute atomic E-state index is 13.2. The van der Waals surface area contributed by atoms with Gasteiger partial charge in [-0.1, -0.05) is 18.2 Å². The van der Waals surface area contributed by atoms with E-state index in [4.69, 9.17) is 9.47 Å². The van der Waals surface area contributed by atoms with Crippen molar-refractivity contribution in [2.45, 2.75) is 33.7 Å². The van der Waals surface area contributed by atoms with Crippen molar-refractivity contribution in [3.63, 3.8) is 0 Å². The molecule has 0 saturated heterocycles. The Bertz CT molecular complexity index is 1010. The van der Waals surface area contributed by atoms with Crippen LogP contribution in [0.15, 0.2) is 47.7 Å². The number of aryl methyl sites for hydroxylation is 1. The van der Waals surface area contributed by atoms with Gasteiger partial charge in [-0.15, -0.1) is 0 Å². The molecule has 0 bridgehead atoms. The fourth-order valence-corrected chi connectivity index (χ4v) is 3.46. The Morgan fingerprint density at radius 3 is 2.60 bits per heavy atom. The van der Waals surface area contributed by atoms with Crippen LogP contribution in [0.4, 0.5) is 10.5 Å². The van der Waals surface area contributed by atoms with Crippen molar-refractivity contribution < 1.29 is 19.1 Å². The highest BCUT2D eigenvalue weighted by atomic mass is 16.5. The average Bonchev–Trinajstić information content (AvgIpc) is 2.71. The lowest BCUT2D eigenvalue weighted by atomic mass is 9.94. The molecule has 0 aliphatic carbocycles. The molecule has 3 rings (SSSR count). The summed E-state index contributed by atoms with van der Waals surface area (Å²) >= 11 is 0. The fraction of sp³-hybridized carbons (Fsp3) is 0.304. The summed E-state index contributed by atoms with van der Waals surface area (Å²) in [4.78, 5) is 25.4. The van der Waals surface area contributed by atoms with Crippen molar-refractivity contribution in [1.82, 2.24) is 10.6 Å². The molecule has 3 amide bonds. The number of methoxy groups -OCH3 is 1. The molecule has 0 fully saturated rings. The molecule has 7 nitrogen and oxygen atoms in total. The van der Waals surface area contributed by atoms with E-state index >= 15 is 0 Å². The van der Waals surface area contributed by atoms with Gasteiger partial charge in [-0.05, 0) is 62.6 Å². The Kier molecular flexibility index (Phi) is 6.30. The summed E-state index contributed by atoms with van der Waals surface area (Å²) in [5.41, 5.74) is 4.47. The second kappa shape index (κ2) is 8.90. The van der Waals surface area contributed by atoms with Gasteiger partial charge >= 0.3 is 6.03 Å². The predicted octanol–water partition coefficient (Wildman–Crippen LogP) is 3.98. The number of anilines is 1. The van der Waals surface area contributed by atoms with Crippen LogP contribution < -0.4 is 25.4 Å². The number of carbonyl (C=O) groups excluding carboxylic acids is 2. The van der Waals surface area contributed by atoms with Gasteiger partial charge in [0.25, 0.3) is 5.91 Å². The quantitative estimate of drug-likeness (QED) is 0.673. The number of allylic oxidation sites excluding steroid dienone is 1. The van der Waals surface area contributed by atoms with Gasteiger partial charge in [-0.2, -0.15) is 0 Å². The van der Waals surface area contributed by atoms with Gasteiger partial charge in [0.15, 0.2) is 11.5 Å². The highest BCUT2D eigenvalue weighted by Crippen LogP contribution is 2.34. The van der Waals surface area contributed by atoms with Gasteiger partial charge in [0.05, 0.1) is 25.3 Å². The van der Waals surface area contributed by atoms with Crippen LogP contribution in [0, 0.1) is 13.8 Å². The molecule has 7 heteroatoms. The Balaban J connectivity index is 1.99. The lowest BCUT2D eigenvalue weighted by Crippen LogP contribution is -2.46. The number of nitrogens with one attached hydrogen (secondary N) is 3. The highest BCUT2D eigenvalue weighted by Gasteiger charge is 2.32. The van der Waals surface area contributed by atoms with Crippen LogP contribution in [0.5, 0.6) is 11.5 Å². The van der Waals surface area contributed by atoms with E-state index in [9.17, 15) is 9.59 Å². The number of ether oxygens (including phenoxy) is 2. The molecule has 1 heterocycles. The zero-order valence-corrected chi connectivity index (χ0v) is 17.9. The van der Waals surface area contributed by atoms with Gasteiger partial charge < -0.3 is 25.4 Å². The van der Waals surface area contributed by atoms with Crippen LogP contribution in [0.3, 0.4) is 0 Å². The zero-order valence-electron chi connectivity index (χ0n) is 17.9. The van der Waals surface area contributed by atoms with E-state index in [2.05, 4.69) is 16.0 Å². The maximum Gasteiger partial charge on any atom is 0.319 e. The third kappa shape index (κ3) is 4.25. The van der Waals surface area contributed by atoms with E-state index in [1.807, 2.05) is 45.0 Å². The number of rotatable bonds is 6. The first-order valence-electron chi connectivity index (χ1n) is 9.82. The molecular formula is C23H27N3O4. The van der Waals surface area contributed by atoms with E-state index < -0.39 is 6.04 Å². The minimum Gasteiger partial charge on any atom is -0.493 e. The normalized spacial score (nSPS) is 15.9. The first-order chi connectivity index (χ1) is 14.3. The first kappa shape index (κ1) is 21.2. The minimum atomic E-state index is -0.631. The van der Waals surface area contributed by atoms with Gasteiger partial charge in [0.2, 0.25) is 0 Å². The van der Waals surface area contributed by atoms with E-state index in [0.29, 0.717) is 29.4 Å². The third-order valence-corrected chi connectivity index (χ3v) is 5.19. The summed E-state index contributed by atoms with van der Waals surface area (Å²) in [5, 5.41) is 8.52. The highest BCUT2D eigenvalue weighted by molar-refractivity contribution is 6.07. The Morgan fingerprint density at radius 2 is 1.90 bits per heavy atom. The average molecular weight is 409 g/mol. The smallest absolute Gasteiger partial charge is 0.319 e. The summed E-state index contributed by atoms with van der Waals surface area (Å²) in [6.45, 7) is 8.06. The van der Waals surface area contributed by atoms with E-state index in [1.54, 1.807) is 26.2 Å².